The minimum atomic E-state index is 0.326. The average molecular weight is 258 g/mol. The second-order valence-electron chi connectivity index (χ2n) is 4.68. The third-order valence-electron chi connectivity index (χ3n) is 3.67. The first-order valence-electron chi connectivity index (χ1n) is 6.35. The van der Waals surface area contributed by atoms with E-state index in [1.54, 1.807) is 0 Å². The average Bonchev–Trinajstić information content (AvgIpc) is 2.96. The molecule has 0 spiro atoms. The van der Waals surface area contributed by atoms with E-state index in [1.807, 2.05) is 11.8 Å². The zero-order chi connectivity index (χ0) is 11.4. The molecule has 2 aliphatic rings. The number of amidine groups is 1. The molecule has 1 N–H and O–H groups in total. The van der Waals surface area contributed by atoms with Gasteiger partial charge in [0.25, 0.3) is 0 Å². The molecule has 0 saturated carbocycles. The quantitative estimate of drug-likeness (QED) is 0.838. The third-order valence-corrected chi connectivity index (χ3v) is 6.26. The van der Waals surface area contributed by atoms with E-state index in [4.69, 9.17) is 4.99 Å². The molecule has 0 amide bonds. The molecule has 0 aromatic carbocycles. The summed E-state index contributed by atoms with van der Waals surface area (Å²) in [5.74, 6) is 2.53. The lowest BCUT2D eigenvalue weighted by Gasteiger charge is -2.25. The summed E-state index contributed by atoms with van der Waals surface area (Å²) in [6, 6.07) is 0. The van der Waals surface area contributed by atoms with Crippen LogP contribution in [0.5, 0.6) is 0 Å². The van der Waals surface area contributed by atoms with Gasteiger partial charge in [-0.15, -0.1) is 0 Å². The fourth-order valence-corrected chi connectivity index (χ4v) is 4.72. The van der Waals surface area contributed by atoms with Gasteiger partial charge in [-0.3, -0.25) is 4.99 Å². The lowest BCUT2D eigenvalue weighted by Crippen LogP contribution is -2.42. The molecule has 4 heteroatoms. The van der Waals surface area contributed by atoms with Crippen LogP contribution in [0.2, 0.25) is 0 Å². The molecule has 2 fully saturated rings. The summed E-state index contributed by atoms with van der Waals surface area (Å²) in [6.45, 7) is 5.56. The van der Waals surface area contributed by atoms with E-state index in [0.29, 0.717) is 5.54 Å². The van der Waals surface area contributed by atoms with E-state index in [9.17, 15) is 0 Å². The fraction of sp³-hybridized carbons (Fsp3) is 0.917. The van der Waals surface area contributed by atoms with Crippen LogP contribution in [-0.2, 0) is 0 Å². The van der Waals surface area contributed by atoms with E-state index in [-0.39, 0.29) is 0 Å². The van der Waals surface area contributed by atoms with Crippen LogP contribution >= 0.6 is 23.5 Å². The van der Waals surface area contributed by atoms with Gasteiger partial charge in [0.2, 0.25) is 0 Å². The third kappa shape index (κ3) is 2.89. The maximum Gasteiger partial charge on any atom is 0.157 e. The van der Waals surface area contributed by atoms with E-state index in [2.05, 4.69) is 30.9 Å². The highest BCUT2D eigenvalue weighted by atomic mass is 32.2. The summed E-state index contributed by atoms with van der Waals surface area (Å²) in [4.78, 5) is 4.74. The van der Waals surface area contributed by atoms with Crippen LogP contribution in [0.4, 0.5) is 0 Å². The standard InChI is InChI=1S/C12H22N2S2/c1-3-12(4-2)9-16-11(14-12)13-8-10-6-5-7-15-10/h10H,3-9H2,1-2H3,(H,13,14). The molecule has 1 unspecified atom stereocenters. The number of nitrogens with zero attached hydrogens (tertiary/aromatic N) is 1. The second kappa shape index (κ2) is 5.67. The molecule has 16 heavy (non-hydrogen) atoms. The van der Waals surface area contributed by atoms with Crippen LogP contribution in [0, 0.1) is 0 Å². The highest BCUT2D eigenvalue weighted by molar-refractivity contribution is 8.14. The van der Waals surface area contributed by atoms with Crippen molar-refractivity contribution in [2.75, 3.05) is 18.1 Å². The predicted octanol–water partition coefficient (Wildman–Crippen LogP) is 3.13. The summed E-state index contributed by atoms with van der Waals surface area (Å²) in [6.07, 6.45) is 5.15. The van der Waals surface area contributed by atoms with Gasteiger partial charge in [-0.25, -0.2) is 0 Å². The number of aliphatic imine (C=N–C) groups is 1. The Morgan fingerprint density at radius 3 is 2.81 bits per heavy atom. The molecular formula is C12H22N2S2. The van der Waals surface area contributed by atoms with Crippen molar-refractivity contribution in [3.05, 3.63) is 0 Å². The van der Waals surface area contributed by atoms with E-state index in [0.717, 1.165) is 11.8 Å². The van der Waals surface area contributed by atoms with Crippen LogP contribution < -0.4 is 5.32 Å². The van der Waals surface area contributed by atoms with Crippen LogP contribution in [0.1, 0.15) is 39.5 Å². The Morgan fingerprint density at radius 1 is 1.44 bits per heavy atom. The molecule has 0 aliphatic carbocycles. The molecule has 2 aliphatic heterocycles. The van der Waals surface area contributed by atoms with Gasteiger partial charge < -0.3 is 5.32 Å². The number of hydrogen-bond acceptors (Lipinski definition) is 3. The van der Waals surface area contributed by atoms with Crippen molar-refractivity contribution in [2.45, 2.75) is 50.3 Å². The molecule has 0 bridgehead atoms. The van der Waals surface area contributed by atoms with Gasteiger partial charge in [-0.05, 0) is 31.4 Å². The molecule has 0 radical (unpaired) electrons. The van der Waals surface area contributed by atoms with Crippen molar-refractivity contribution in [1.82, 2.24) is 5.32 Å². The van der Waals surface area contributed by atoms with Gasteiger partial charge in [0.1, 0.15) is 0 Å². The summed E-state index contributed by atoms with van der Waals surface area (Å²) in [7, 11) is 0. The molecule has 2 rings (SSSR count). The minimum absolute atomic E-state index is 0.326. The van der Waals surface area contributed by atoms with Crippen molar-refractivity contribution in [3.8, 4) is 0 Å². The molecular weight excluding hydrogens is 236 g/mol. The molecule has 0 aromatic rings. The van der Waals surface area contributed by atoms with Gasteiger partial charge in [-0.1, -0.05) is 25.6 Å². The Hall–Kier alpha value is 0.170. The fourth-order valence-electron chi connectivity index (χ4n) is 2.19. The SMILES string of the molecule is CCC1(CC)CSC(=NCC2CCCS2)N1. The van der Waals surface area contributed by atoms with Crippen LogP contribution in [0.3, 0.4) is 0 Å². The zero-order valence-corrected chi connectivity index (χ0v) is 11.9. The van der Waals surface area contributed by atoms with Gasteiger partial charge in [0.05, 0.1) is 6.54 Å². The highest BCUT2D eigenvalue weighted by Crippen LogP contribution is 2.30. The Morgan fingerprint density at radius 2 is 2.25 bits per heavy atom. The molecule has 0 aromatic heterocycles. The normalized spacial score (nSPS) is 30.9. The minimum Gasteiger partial charge on any atom is -0.359 e. The Kier molecular flexibility index (Phi) is 4.48. The van der Waals surface area contributed by atoms with Crippen LogP contribution in [0.15, 0.2) is 4.99 Å². The van der Waals surface area contributed by atoms with Gasteiger partial charge in [0.15, 0.2) is 5.17 Å². The van der Waals surface area contributed by atoms with E-state index in [1.165, 1.54) is 42.4 Å². The van der Waals surface area contributed by atoms with Crippen molar-refractivity contribution >= 4 is 28.7 Å². The first-order chi connectivity index (χ1) is 7.78. The summed E-state index contributed by atoms with van der Waals surface area (Å²) < 4.78 is 0. The monoisotopic (exact) mass is 258 g/mol. The summed E-state index contributed by atoms with van der Waals surface area (Å²) in [5, 5.41) is 5.61. The Balaban J connectivity index is 1.84. The molecule has 2 heterocycles. The van der Waals surface area contributed by atoms with Gasteiger partial charge in [-0.2, -0.15) is 11.8 Å². The molecule has 92 valence electrons. The zero-order valence-electron chi connectivity index (χ0n) is 10.3. The number of nitrogens with one attached hydrogen (secondary N) is 1. The molecule has 2 saturated heterocycles. The second-order valence-corrected chi connectivity index (χ2v) is 7.05. The smallest absolute Gasteiger partial charge is 0.157 e. The molecule has 1 atom stereocenters. The number of hydrogen-bond donors (Lipinski definition) is 1. The van der Waals surface area contributed by atoms with Crippen molar-refractivity contribution < 1.29 is 0 Å². The summed E-state index contributed by atoms with van der Waals surface area (Å²) >= 11 is 4.00. The first-order valence-corrected chi connectivity index (χ1v) is 8.38. The van der Waals surface area contributed by atoms with Gasteiger partial charge >= 0.3 is 0 Å². The van der Waals surface area contributed by atoms with Gasteiger partial charge in [0, 0.05) is 16.5 Å². The Bertz CT molecular complexity index is 256. The van der Waals surface area contributed by atoms with Crippen molar-refractivity contribution in [2.24, 2.45) is 4.99 Å². The van der Waals surface area contributed by atoms with Crippen LogP contribution in [0.25, 0.3) is 0 Å². The topological polar surface area (TPSA) is 24.4 Å². The van der Waals surface area contributed by atoms with Crippen LogP contribution in [-0.4, -0.2) is 34.0 Å². The first kappa shape index (κ1) is 12.6. The Labute approximate surface area is 107 Å². The van der Waals surface area contributed by atoms with E-state index >= 15 is 0 Å². The highest BCUT2D eigenvalue weighted by Gasteiger charge is 2.33. The largest absolute Gasteiger partial charge is 0.359 e. The number of rotatable bonds is 4. The lowest BCUT2D eigenvalue weighted by molar-refractivity contribution is 0.407. The molecule has 2 nitrogen and oxygen atoms in total. The summed E-state index contributed by atoms with van der Waals surface area (Å²) in [5.41, 5.74) is 0.326. The number of thioether (sulfide) groups is 2. The van der Waals surface area contributed by atoms with E-state index < -0.39 is 0 Å². The lowest BCUT2D eigenvalue weighted by atomic mass is 9.96. The maximum absolute atomic E-state index is 4.74. The van der Waals surface area contributed by atoms with Crippen molar-refractivity contribution in [1.29, 1.82) is 0 Å². The van der Waals surface area contributed by atoms with Crippen molar-refractivity contribution in [3.63, 3.8) is 0 Å². The predicted molar refractivity (Wildman–Crippen MR) is 76.7 cm³/mol. The maximum atomic E-state index is 4.74.